The largest absolute Gasteiger partial charge is 0.353 e. The van der Waals surface area contributed by atoms with E-state index in [1.165, 1.54) is 29.7 Å². The third-order valence-electron chi connectivity index (χ3n) is 8.23. The monoisotopic (exact) mass is 514 g/mol. The molecule has 0 aromatic carbocycles. The number of aromatic nitrogens is 5. The van der Waals surface area contributed by atoms with Crippen molar-refractivity contribution in [3.05, 3.63) is 47.0 Å². The Bertz CT molecular complexity index is 1460. The zero-order valence-corrected chi connectivity index (χ0v) is 24.0. The van der Waals surface area contributed by atoms with E-state index in [9.17, 15) is 4.79 Å². The lowest BCUT2D eigenvalue weighted by Gasteiger charge is -2.28. The second-order valence-corrected chi connectivity index (χ2v) is 12.6. The van der Waals surface area contributed by atoms with Gasteiger partial charge in [0.25, 0.3) is 0 Å². The topological polar surface area (TPSA) is 88.0 Å². The standard InChI is InChI=1S/C31H42N6O/c1-18(2)27-28(23-16-37-30(32-17-33-37)20(4)19(23)3)35-25-14-13-24(34-29(25)27)22-11-8-21(9-12-22)10-15-26(38)36-31(5,6)7/h13-14,16-18,21-22,35H,8-12,15H2,1-7H3,(H,36,38). The zero-order valence-electron chi connectivity index (χ0n) is 24.0. The van der Waals surface area contributed by atoms with Crippen molar-refractivity contribution in [1.82, 2.24) is 29.9 Å². The molecule has 5 rings (SSSR count). The van der Waals surface area contributed by atoms with Gasteiger partial charge in [-0.2, -0.15) is 5.10 Å². The number of nitrogens with zero attached hydrogens (tertiary/aromatic N) is 4. The summed E-state index contributed by atoms with van der Waals surface area (Å²) >= 11 is 0. The molecule has 0 saturated heterocycles. The molecule has 0 atom stereocenters. The first-order valence-corrected chi connectivity index (χ1v) is 14.1. The van der Waals surface area contributed by atoms with Crippen LogP contribution in [-0.2, 0) is 4.79 Å². The third kappa shape index (κ3) is 5.20. The minimum absolute atomic E-state index is 0.160. The summed E-state index contributed by atoms with van der Waals surface area (Å²) in [7, 11) is 0. The maximum atomic E-state index is 12.3. The van der Waals surface area contributed by atoms with Gasteiger partial charge in [-0.05, 0) is 102 Å². The molecular formula is C31H42N6O. The minimum atomic E-state index is -0.160. The molecule has 4 aromatic rings. The molecule has 7 heteroatoms. The van der Waals surface area contributed by atoms with Gasteiger partial charge in [0.05, 0.1) is 16.7 Å². The highest BCUT2D eigenvalue weighted by Gasteiger charge is 2.26. The molecule has 0 unspecified atom stereocenters. The number of hydrogen-bond acceptors (Lipinski definition) is 4. The summed E-state index contributed by atoms with van der Waals surface area (Å²) in [5, 5.41) is 7.50. The Balaban J connectivity index is 1.37. The van der Waals surface area contributed by atoms with Crippen LogP contribution in [-0.4, -0.2) is 36.0 Å². The van der Waals surface area contributed by atoms with Crippen molar-refractivity contribution in [2.75, 3.05) is 0 Å². The van der Waals surface area contributed by atoms with Gasteiger partial charge in [0.15, 0.2) is 5.65 Å². The molecule has 1 fully saturated rings. The van der Waals surface area contributed by atoms with Gasteiger partial charge < -0.3 is 10.3 Å². The fraction of sp³-hybridized carbons (Fsp3) is 0.548. The highest BCUT2D eigenvalue weighted by molar-refractivity contribution is 5.89. The van der Waals surface area contributed by atoms with E-state index in [0.29, 0.717) is 24.2 Å². The van der Waals surface area contributed by atoms with Crippen molar-refractivity contribution in [2.45, 2.75) is 104 Å². The van der Waals surface area contributed by atoms with E-state index in [-0.39, 0.29) is 11.4 Å². The van der Waals surface area contributed by atoms with E-state index in [1.54, 1.807) is 6.33 Å². The van der Waals surface area contributed by atoms with Gasteiger partial charge in [0.2, 0.25) is 5.91 Å². The molecule has 1 aliphatic rings. The van der Waals surface area contributed by atoms with Crippen LogP contribution in [0.3, 0.4) is 0 Å². The molecule has 38 heavy (non-hydrogen) atoms. The summed E-state index contributed by atoms with van der Waals surface area (Å²) in [6.45, 7) is 14.9. The Hall–Kier alpha value is -3.22. The summed E-state index contributed by atoms with van der Waals surface area (Å²) in [5.41, 5.74) is 10.0. The van der Waals surface area contributed by atoms with Gasteiger partial charge in [-0.15, -0.1) is 0 Å². The Morgan fingerprint density at radius 2 is 1.87 bits per heavy atom. The molecule has 2 N–H and O–H groups in total. The van der Waals surface area contributed by atoms with Crippen LogP contribution in [0.4, 0.5) is 0 Å². The highest BCUT2D eigenvalue weighted by Crippen LogP contribution is 2.40. The summed E-state index contributed by atoms with van der Waals surface area (Å²) < 4.78 is 1.87. The number of rotatable bonds is 6. The molecule has 0 radical (unpaired) electrons. The predicted molar refractivity (Wildman–Crippen MR) is 153 cm³/mol. The maximum absolute atomic E-state index is 12.3. The molecule has 4 heterocycles. The molecule has 0 aliphatic heterocycles. The lowest BCUT2D eigenvalue weighted by Crippen LogP contribution is -2.40. The van der Waals surface area contributed by atoms with Crippen molar-refractivity contribution in [1.29, 1.82) is 0 Å². The number of fused-ring (bicyclic) bond motifs is 2. The molecule has 7 nitrogen and oxygen atoms in total. The van der Waals surface area contributed by atoms with Crippen molar-refractivity contribution in [3.8, 4) is 11.3 Å². The number of nitrogens with one attached hydrogen (secondary N) is 2. The number of pyridine rings is 2. The van der Waals surface area contributed by atoms with Crippen LogP contribution in [0.15, 0.2) is 24.7 Å². The van der Waals surface area contributed by atoms with Crippen LogP contribution in [0.2, 0.25) is 0 Å². The second-order valence-electron chi connectivity index (χ2n) is 12.6. The van der Waals surface area contributed by atoms with Crippen LogP contribution < -0.4 is 5.32 Å². The number of carbonyl (C=O) groups is 1. The number of amides is 1. The van der Waals surface area contributed by atoms with E-state index in [1.807, 2.05) is 25.3 Å². The molecule has 0 spiro atoms. The van der Waals surface area contributed by atoms with Crippen LogP contribution in [0.5, 0.6) is 0 Å². The van der Waals surface area contributed by atoms with Crippen LogP contribution in [0.25, 0.3) is 27.9 Å². The van der Waals surface area contributed by atoms with Crippen molar-refractivity contribution >= 4 is 22.6 Å². The first kappa shape index (κ1) is 26.4. The Labute approximate surface area is 225 Å². The van der Waals surface area contributed by atoms with Crippen molar-refractivity contribution < 1.29 is 4.79 Å². The number of aryl methyl sites for hydroxylation is 1. The molecular weight excluding hydrogens is 472 g/mol. The van der Waals surface area contributed by atoms with E-state index >= 15 is 0 Å². The summed E-state index contributed by atoms with van der Waals surface area (Å²) in [6.07, 6.45) is 9.92. The lowest BCUT2D eigenvalue weighted by atomic mass is 9.78. The van der Waals surface area contributed by atoms with Crippen LogP contribution in [0, 0.1) is 19.8 Å². The summed E-state index contributed by atoms with van der Waals surface area (Å²) in [6, 6.07) is 4.43. The van der Waals surface area contributed by atoms with E-state index in [4.69, 9.17) is 4.98 Å². The zero-order chi connectivity index (χ0) is 27.2. The summed E-state index contributed by atoms with van der Waals surface area (Å²) in [4.78, 5) is 25.7. The van der Waals surface area contributed by atoms with Crippen LogP contribution in [0.1, 0.15) is 107 Å². The van der Waals surface area contributed by atoms with E-state index in [0.717, 1.165) is 52.8 Å². The number of aromatic amines is 1. The second kappa shape index (κ2) is 10.2. The van der Waals surface area contributed by atoms with Crippen molar-refractivity contribution in [3.63, 3.8) is 0 Å². The van der Waals surface area contributed by atoms with E-state index < -0.39 is 0 Å². The van der Waals surface area contributed by atoms with E-state index in [2.05, 4.69) is 66.4 Å². The SMILES string of the molecule is Cc1c(-c2[nH]c3ccc(C4CCC(CCC(=O)NC(C)(C)C)CC4)nc3c2C(C)C)cn2ncnc2c1C. The first-order valence-electron chi connectivity index (χ1n) is 14.1. The lowest BCUT2D eigenvalue weighted by molar-refractivity contribution is -0.122. The average Bonchev–Trinajstić information content (AvgIpc) is 3.48. The smallest absolute Gasteiger partial charge is 0.220 e. The Kier molecular flexibility index (Phi) is 7.05. The Morgan fingerprint density at radius 1 is 1.13 bits per heavy atom. The third-order valence-corrected chi connectivity index (χ3v) is 8.23. The molecule has 1 aliphatic carbocycles. The quantitative estimate of drug-likeness (QED) is 0.290. The number of H-pyrrole nitrogens is 1. The maximum Gasteiger partial charge on any atom is 0.220 e. The van der Waals surface area contributed by atoms with Gasteiger partial charge >= 0.3 is 0 Å². The average molecular weight is 515 g/mol. The molecule has 0 bridgehead atoms. The van der Waals surface area contributed by atoms with Gasteiger partial charge in [-0.3, -0.25) is 9.78 Å². The molecule has 1 amide bonds. The summed E-state index contributed by atoms with van der Waals surface area (Å²) in [5.74, 6) is 1.60. The van der Waals surface area contributed by atoms with Crippen molar-refractivity contribution in [2.24, 2.45) is 5.92 Å². The fourth-order valence-electron chi connectivity index (χ4n) is 6.12. The molecule has 4 aromatic heterocycles. The minimum Gasteiger partial charge on any atom is -0.353 e. The highest BCUT2D eigenvalue weighted by atomic mass is 16.1. The fourth-order valence-corrected chi connectivity index (χ4v) is 6.12. The van der Waals surface area contributed by atoms with Gasteiger partial charge in [0.1, 0.15) is 6.33 Å². The van der Waals surface area contributed by atoms with Gasteiger partial charge in [0, 0.05) is 40.9 Å². The van der Waals surface area contributed by atoms with Gasteiger partial charge in [-0.25, -0.2) is 9.50 Å². The normalized spacial score (nSPS) is 18.5. The predicted octanol–water partition coefficient (Wildman–Crippen LogP) is 6.98. The first-order chi connectivity index (χ1) is 18.0. The number of hydrogen-bond donors (Lipinski definition) is 2. The van der Waals surface area contributed by atoms with Gasteiger partial charge in [-0.1, -0.05) is 13.8 Å². The Morgan fingerprint density at radius 3 is 2.55 bits per heavy atom. The number of carbonyl (C=O) groups excluding carboxylic acids is 1. The molecule has 202 valence electrons. The molecule has 1 saturated carbocycles. The van der Waals surface area contributed by atoms with Crippen LogP contribution >= 0.6 is 0 Å².